The van der Waals surface area contributed by atoms with Crippen molar-refractivity contribution in [3.63, 3.8) is 0 Å². The second kappa shape index (κ2) is 6.17. The van der Waals surface area contributed by atoms with E-state index in [9.17, 15) is 9.59 Å². The molecule has 0 amide bonds. The van der Waals surface area contributed by atoms with Gasteiger partial charge in [-0.05, 0) is 37.1 Å². The summed E-state index contributed by atoms with van der Waals surface area (Å²) in [4.78, 5) is 22.4. The van der Waals surface area contributed by atoms with E-state index in [1.807, 2.05) is 24.3 Å². The highest BCUT2D eigenvalue weighted by molar-refractivity contribution is 5.84. The Hall–Kier alpha value is -2.69. The molecule has 5 nitrogen and oxygen atoms in total. The predicted octanol–water partition coefficient (Wildman–Crippen LogP) is 2.20. The molecule has 0 spiro atoms. The number of hydrogen-bond acceptors (Lipinski definition) is 3. The van der Waals surface area contributed by atoms with E-state index in [0.29, 0.717) is 5.69 Å². The van der Waals surface area contributed by atoms with Crippen molar-refractivity contribution >= 4 is 12.0 Å². The topological polar surface area (TPSA) is 72.2 Å². The first-order valence-electron chi connectivity index (χ1n) is 6.62. The number of carboxylic acid groups (broad SMARTS) is 1. The normalized spacial score (nSPS) is 11.0. The van der Waals surface area contributed by atoms with Crippen LogP contribution < -0.4 is 5.43 Å². The van der Waals surface area contributed by atoms with Crippen LogP contribution in [0.2, 0.25) is 0 Å². The molecule has 0 aliphatic carbocycles. The van der Waals surface area contributed by atoms with Crippen LogP contribution in [-0.4, -0.2) is 20.9 Å². The highest BCUT2D eigenvalue weighted by Crippen LogP contribution is 2.11. The maximum atomic E-state index is 11.8. The Kier molecular flexibility index (Phi) is 4.33. The summed E-state index contributed by atoms with van der Waals surface area (Å²) in [5, 5.41) is 12.9. The zero-order valence-electron chi connectivity index (χ0n) is 11.9. The SMILES string of the molecule is CCc1ccc(-n2nc(/C=C/C(=O)O)c(=O)cc2C)cc1. The zero-order valence-corrected chi connectivity index (χ0v) is 11.9. The lowest BCUT2D eigenvalue weighted by molar-refractivity contribution is -0.131. The van der Waals surface area contributed by atoms with Crippen molar-refractivity contribution in [1.82, 2.24) is 9.78 Å². The largest absolute Gasteiger partial charge is 0.478 e. The second-order valence-corrected chi connectivity index (χ2v) is 4.64. The fourth-order valence-corrected chi connectivity index (χ4v) is 1.96. The molecule has 0 saturated carbocycles. The molecule has 2 aromatic rings. The van der Waals surface area contributed by atoms with Gasteiger partial charge in [0.15, 0.2) is 0 Å². The molecule has 1 aromatic carbocycles. The van der Waals surface area contributed by atoms with Gasteiger partial charge in [-0.25, -0.2) is 9.48 Å². The molecule has 0 bridgehead atoms. The Balaban J connectivity index is 2.49. The maximum Gasteiger partial charge on any atom is 0.328 e. The summed E-state index contributed by atoms with van der Waals surface area (Å²) in [5.74, 6) is -1.12. The molecule has 108 valence electrons. The molecule has 0 fully saturated rings. The summed E-state index contributed by atoms with van der Waals surface area (Å²) in [7, 11) is 0. The fourth-order valence-electron chi connectivity index (χ4n) is 1.96. The molecule has 0 radical (unpaired) electrons. The Morgan fingerprint density at radius 3 is 2.57 bits per heavy atom. The van der Waals surface area contributed by atoms with Crippen LogP contribution in [0, 0.1) is 6.92 Å². The fraction of sp³-hybridized carbons (Fsp3) is 0.188. The van der Waals surface area contributed by atoms with Gasteiger partial charge in [-0.15, -0.1) is 0 Å². The van der Waals surface area contributed by atoms with Crippen molar-refractivity contribution in [2.75, 3.05) is 0 Å². The van der Waals surface area contributed by atoms with Gasteiger partial charge in [0.1, 0.15) is 5.69 Å². The van der Waals surface area contributed by atoms with E-state index in [0.717, 1.165) is 18.2 Å². The first-order valence-corrected chi connectivity index (χ1v) is 6.62. The molecule has 2 rings (SSSR count). The molecule has 5 heteroatoms. The summed E-state index contributed by atoms with van der Waals surface area (Å²) < 4.78 is 1.63. The lowest BCUT2D eigenvalue weighted by Gasteiger charge is -2.10. The van der Waals surface area contributed by atoms with Gasteiger partial charge in [0.25, 0.3) is 0 Å². The smallest absolute Gasteiger partial charge is 0.328 e. The van der Waals surface area contributed by atoms with Gasteiger partial charge in [-0.3, -0.25) is 4.79 Å². The number of aryl methyl sites for hydroxylation is 2. The van der Waals surface area contributed by atoms with Gasteiger partial charge in [0, 0.05) is 17.8 Å². The first-order chi connectivity index (χ1) is 10.0. The number of benzene rings is 1. The van der Waals surface area contributed by atoms with E-state index in [2.05, 4.69) is 12.0 Å². The average Bonchev–Trinajstić information content (AvgIpc) is 2.46. The van der Waals surface area contributed by atoms with Crippen molar-refractivity contribution in [3.05, 3.63) is 63.6 Å². The van der Waals surface area contributed by atoms with Crippen molar-refractivity contribution in [2.24, 2.45) is 0 Å². The molecular weight excluding hydrogens is 268 g/mol. The van der Waals surface area contributed by atoms with Gasteiger partial charge < -0.3 is 5.11 Å². The van der Waals surface area contributed by atoms with E-state index in [1.165, 1.54) is 17.7 Å². The average molecular weight is 284 g/mol. The Bertz CT molecular complexity index is 743. The van der Waals surface area contributed by atoms with Crippen LogP contribution in [0.3, 0.4) is 0 Å². The Labute approximate surface area is 122 Å². The molecule has 1 aromatic heterocycles. The number of aromatic nitrogens is 2. The number of aliphatic carboxylic acids is 1. The van der Waals surface area contributed by atoms with Crippen LogP contribution in [0.1, 0.15) is 23.9 Å². The zero-order chi connectivity index (χ0) is 15.4. The molecule has 0 aliphatic rings. The number of rotatable bonds is 4. The number of carbonyl (C=O) groups is 1. The molecule has 0 unspecified atom stereocenters. The molecule has 0 saturated heterocycles. The third kappa shape index (κ3) is 3.45. The van der Waals surface area contributed by atoms with Gasteiger partial charge in [-0.2, -0.15) is 5.10 Å². The summed E-state index contributed by atoms with van der Waals surface area (Å²) in [6.07, 6.45) is 3.06. The number of hydrogen-bond donors (Lipinski definition) is 1. The minimum Gasteiger partial charge on any atom is -0.478 e. The first kappa shape index (κ1) is 14.7. The second-order valence-electron chi connectivity index (χ2n) is 4.64. The van der Waals surface area contributed by atoms with Gasteiger partial charge in [0.2, 0.25) is 5.43 Å². The van der Waals surface area contributed by atoms with Crippen LogP contribution in [0.5, 0.6) is 0 Å². The third-order valence-electron chi connectivity index (χ3n) is 3.11. The predicted molar refractivity (Wildman–Crippen MR) is 80.6 cm³/mol. The van der Waals surface area contributed by atoms with Crippen molar-refractivity contribution in [1.29, 1.82) is 0 Å². The maximum absolute atomic E-state index is 11.8. The third-order valence-corrected chi connectivity index (χ3v) is 3.11. The van der Waals surface area contributed by atoms with E-state index in [-0.39, 0.29) is 11.1 Å². The van der Waals surface area contributed by atoms with Crippen LogP contribution in [0.15, 0.2) is 41.2 Å². The number of carboxylic acids is 1. The van der Waals surface area contributed by atoms with Crippen molar-refractivity contribution in [3.8, 4) is 5.69 Å². The van der Waals surface area contributed by atoms with Crippen LogP contribution in [0.4, 0.5) is 0 Å². The summed E-state index contributed by atoms with van der Waals surface area (Å²) in [5.41, 5.74) is 2.53. The van der Waals surface area contributed by atoms with Gasteiger partial charge in [-0.1, -0.05) is 19.1 Å². The highest BCUT2D eigenvalue weighted by atomic mass is 16.4. The van der Waals surface area contributed by atoms with E-state index in [4.69, 9.17) is 5.11 Å². The molecule has 0 aliphatic heterocycles. The monoisotopic (exact) mass is 284 g/mol. The van der Waals surface area contributed by atoms with Crippen LogP contribution in [-0.2, 0) is 11.2 Å². The summed E-state index contributed by atoms with van der Waals surface area (Å²) in [6.45, 7) is 3.86. The lowest BCUT2D eigenvalue weighted by Crippen LogP contribution is -2.16. The number of nitrogens with zero attached hydrogens (tertiary/aromatic N) is 2. The van der Waals surface area contributed by atoms with Gasteiger partial charge >= 0.3 is 5.97 Å². The van der Waals surface area contributed by atoms with Crippen molar-refractivity contribution < 1.29 is 9.90 Å². The van der Waals surface area contributed by atoms with E-state index < -0.39 is 5.97 Å². The van der Waals surface area contributed by atoms with Crippen LogP contribution in [0.25, 0.3) is 11.8 Å². The summed E-state index contributed by atoms with van der Waals surface area (Å²) >= 11 is 0. The minimum absolute atomic E-state index is 0.0996. The quantitative estimate of drug-likeness (QED) is 0.874. The molecule has 21 heavy (non-hydrogen) atoms. The Morgan fingerprint density at radius 2 is 2.00 bits per heavy atom. The Morgan fingerprint density at radius 1 is 1.33 bits per heavy atom. The highest BCUT2D eigenvalue weighted by Gasteiger charge is 2.06. The molecule has 1 heterocycles. The van der Waals surface area contributed by atoms with E-state index >= 15 is 0 Å². The standard InChI is InChI=1S/C16H16N2O3/c1-3-12-4-6-13(7-5-12)18-11(2)10-15(19)14(17-18)8-9-16(20)21/h4-10H,3H2,1-2H3,(H,20,21)/b9-8+. The van der Waals surface area contributed by atoms with E-state index in [1.54, 1.807) is 11.6 Å². The minimum atomic E-state index is -1.12. The summed E-state index contributed by atoms with van der Waals surface area (Å²) in [6, 6.07) is 9.30. The van der Waals surface area contributed by atoms with Gasteiger partial charge in [0.05, 0.1) is 5.69 Å². The van der Waals surface area contributed by atoms with Crippen LogP contribution >= 0.6 is 0 Å². The van der Waals surface area contributed by atoms with Crippen molar-refractivity contribution in [2.45, 2.75) is 20.3 Å². The molecule has 0 atom stereocenters. The molecular formula is C16H16N2O3. The molecule has 1 N–H and O–H groups in total. The lowest BCUT2D eigenvalue weighted by atomic mass is 10.1.